The van der Waals surface area contributed by atoms with Gasteiger partial charge in [0, 0.05) is 34.6 Å². The lowest BCUT2D eigenvalue weighted by Crippen LogP contribution is -2.11. The van der Waals surface area contributed by atoms with Crippen molar-refractivity contribution in [1.29, 1.82) is 5.41 Å². The number of aromatic nitrogens is 5. The lowest BCUT2D eigenvalue weighted by atomic mass is 10.1. The third-order valence-corrected chi connectivity index (χ3v) is 305. The van der Waals surface area contributed by atoms with Crippen molar-refractivity contribution < 1.29 is 19.5 Å². The van der Waals surface area contributed by atoms with Crippen molar-refractivity contribution in [2.24, 2.45) is 5.73 Å². The molecule has 0 bridgehead atoms. The average molecular weight is 2080 g/mol. The van der Waals surface area contributed by atoms with Crippen LogP contribution in [0.4, 0.5) is 28.8 Å². The molecule has 7 rings (SSSR count). The predicted octanol–water partition coefficient (Wildman–Crippen LogP) is 32.4. The van der Waals surface area contributed by atoms with Gasteiger partial charge in [-0.15, -0.1) is 196 Å². The summed E-state index contributed by atoms with van der Waals surface area (Å²) >= 11 is 0. The Balaban J connectivity index is 0.000000316. The summed E-state index contributed by atoms with van der Waals surface area (Å²) in [4.78, 5) is 16.9. The molecule has 0 saturated carbocycles. The van der Waals surface area contributed by atoms with Crippen LogP contribution in [0.25, 0.3) is 33.5 Å². The van der Waals surface area contributed by atoms with Gasteiger partial charge in [-0.2, -0.15) is 0 Å². The number of nitrogen functional groups attached to an aromatic ring is 2. The number of aryl methyl sites for hydroxylation is 2. The molecule has 25 unspecified atom stereocenters. The zero-order valence-electron chi connectivity index (χ0n) is 50.0. The number of ether oxygens (including phenoxy) is 1. The van der Waals surface area contributed by atoms with Crippen molar-refractivity contribution in [2.45, 2.75) is 21.3 Å². The molecule has 57 heteroatoms. The molecule has 0 aliphatic rings. The molecule has 7 aromatic rings. The average Bonchev–Trinajstić information content (AvgIpc) is 1.17. The number of hydrogen-bond acceptors (Lipinski definition) is 13. The summed E-state index contributed by atoms with van der Waals surface area (Å²) < 4.78 is 10.8. The second kappa shape index (κ2) is 50.0. The van der Waals surface area contributed by atoms with E-state index in [-0.39, 0.29) is 176 Å². The fourth-order valence-electron chi connectivity index (χ4n) is 7.57. The number of phenolic OH excluding ortho intramolecular Hbond substituents is 1. The van der Waals surface area contributed by atoms with Crippen molar-refractivity contribution in [3.63, 3.8) is 0 Å². The fraction of sp³-hybridized carbons (Fsp3) is 0.105. The topological polar surface area (TPSA) is 227 Å². The summed E-state index contributed by atoms with van der Waals surface area (Å²) in [5.74, 6) is 1.24. The highest BCUT2D eigenvalue weighted by Crippen LogP contribution is 3.44. The van der Waals surface area contributed by atoms with Crippen LogP contribution in [-0.4, -0.2) is 48.3 Å². The maximum Gasteiger partial charge on any atom is 0.187 e. The summed E-state index contributed by atoms with van der Waals surface area (Å²) in [6.45, 7) is 1.98. The third kappa shape index (κ3) is 29.7. The van der Waals surface area contributed by atoms with Crippen LogP contribution >= 0.6 is 344 Å². The van der Waals surface area contributed by atoms with Gasteiger partial charge in [0.15, 0.2) is 34.5 Å². The molecule has 3 heterocycles. The number of amidine groups is 1. The number of phenols is 1. The minimum absolute atomic E-state index is 0. The molecule has 0 aliphatic carbocycles. The Morgan fingerprint density at radius 2 is 0.874 bits per heavy atom. The number of benzene rings is 4. The maximum atomic E-state index is 10.5. The molecule has 0 saturated heterocycles. The van der Waals surface area contributed by atoms with E-state index in [1.165, 1.54) is 30.4 Å². The molecule has 9 N–H and O–H groups in total. The van der Waals surface area contributed by atoms with Crippen LogP contribution in [-0.2, 0) is 0 Å². The molecular formula is C38H83N10O4P43. The van der Waals surface area contributed by atoms with E-state index in [0.29, 0.717) is 34.3 Å². The van der Waals surface area contributed by atoms with E-state index < -0.39 is 0 Å². The third-order valence-electron chi connectivity index (χ3n) is 11.5. The summed E-state index contributed by atoms with van der Waals surface area (Å²) in [5.41, 5.74) is 18.4. The molecule has 0 radical (unpaired) electrons. The van der Waals surface area contributed by atoms with Gasteiger partial charge in [0.1, 0.15) is 35.6 Å². The molecule has 3 aromatic heterocycles. The first kappa shape index (κ1) is 98.6. The van der Waals surface area contributed by atoms with Crippen LogP contribution in [0.1, 0.15) is 24.1 Å². The van der Waals surface area contributed by atoms with Crippen LogP contribution in [0.3, 0.4) is 0 Å². The monoisotopic (exact) mass is 2080 g/mol. The van der Waals surface area contributed by atoms with Gasteiger partial charge in [0.2, 0.25) is 0 Å². The number of nitrogens with one attached hydrogen (secondary N) is 3. The first-order chi connectivity index (χ1) is 44.2. The fourth-order valence-corrected chi connectivity index (χ4v) is 603. The standard InChI is InChI=1S/C19H17N5O2.C18H17N5O2.CH4.H45P43/c1-11-3-5-12(6-4-11)16-17(25-2)19(22-10-21-16)23-13-7-8-14-15(9-13)26-24-18(14)20;1-10-2-4-11(5-3-10)15-16(25)18(22-9-21-15)23-12-6-7-13(17(19)20)14(24)8-12;;1-23-34(22)40(35(24(2)3)25(4)5)43(41(36(26(6)7)27(8)9)37(28(10)11)29(12)13)42(38(30(14)15)31(16)17)39(32(18)19)33(20)21/h3-10H,1-2H3,(H2,20,24)(H,21,22,23);2-9,24-25H,1H3,(H3,19,20)(H,21,22,23);1H4;23H,1-22H2. The second-order valence-corrected chi connectivity index (χ2v) is 192. The first-order valence-electron chi connectivity index (χ1n) is 25.3. The number of fused-ring (bicyclic) bond motifs is 1. The van der Waals surface area contributed by atoms with E-state index in [1.54, 1.807) is 13.2 Å². The van der Waals surface area contributed by atoms with Gasteiger partial charge in [-0.1, -0.05) is 80.2 Å². The molecule has 0 fully saturated rings. The molecule has 95 heavy (non-hydrogen) atoms. The molecule has 0 amide bonds. The minimum atomic E-state index is -0.226. The highest BCUT2D eigenvalue weighted by Gasteiger charge is 2.56. The normalized spacial score (nSPS) is 12.9. The molecule has 14 nitrogen and oxygen atoms in total. The van der Waals surface area contributed by atoms with Gasteiger partial charge in [0.05, 0.1) is 18.1 Å². The van der Waals surface area contributed by atoms with E-state index in [2.05, 4.69) is 232 Å². The van der Waals surface area contributed by atoms with Crippen molar-refractivity contribution in [2.75, 3.05) is 23.5 Å². The number of anilines is 5. The van der Waals surface area contributed by atoms with Crippen molar-refractivity contribution in [3.8, 4) is 39.8 Å². The highest BCUT2D eigenvalue weighted by atomic mass is 33.5. The molecule has 25 atom stereocenters. The van der Waals surface area contributed by atoms with Crippen LogP contribution < -0.4 is 26.8 Å². The largest absolute Gasteiger partial charge is 0.507 e. The van der Waals surface area contributed by atoms with E-state index in [1.807, 2.05) is 80.6 Å². The quantitative estimate of drug-likeness (QED) is 0.0138. The van der Waals surface area contributed by atoms with E-state index in [4.69, 9.17) is 26.1 Å². The Morgan fingerprint density at radius 1 is 0.505 bits per heavy atom. The minimum Gasteiger partial charge on any atom is -0.507 e. The smallest absolute Gasteiger partial charge is 0.187 e. The molecular weight excluding hydrogens is 1990 g/mol. The van der Waals surface area contributed by atoms with Crippen LogP contribution in [0.2, 0.25) is 0 Å². The summed E-state index contributed by atoms with van der Waals surface area (Å²) in [6.07, 6.45) is 2.85. The molecule has 524 valence electrons. The lowest BCUT2D eigenvalue weighted by molar-refractivity contribution is 0.415. The first-order valence-corrected chi connectivity index (χ1v) is 103. The van der Waals surface area contributed by atoms with E-state index >= 15 is 0 Å². The molecule has 0 spiro atoms. The Labute approximate surface area is 637 Å². The second-order valence-electron chi connectivity index (χ2n) is 18.1. The zero-order chi connectivity index (χ0) is 70.3. The lowest BCUT2D eigenvalue weighted by Gasteiger charge is -2.56. The van der Waals surface area contributed by atoms with Crippen molar-refractivity contribution >= 4 is 390 Å². The summed E-state index contributed by atoms with van der Waals surface area (Å²) in [6, 6.07) is 25.8. The van der Waals surface area contributed by atoms with Crippen LogP contribution in [0.15, 0.2) is 102 Å². The van der Waals surface area contributed by atoms with Crippen LogP contribution in [0.5, 0.6) is 17.2 Å². The predicted molar refractivity (Wildman–Crippen MR) is 564 cm³/mol. The Hall–Kier alpha value is 11.3. The van der Waals surface area contributed by atoms with Crippen LogP contribution in [0, 0.1) is 19.3 Å². The van der Waals surface area contributed by atoms with Gasteiger partial charge >= 0.3 is 0 Å². The number of aromatic hydroxyl groups is 2. The highest BCUT2D eigenvalue weighted by molar-refractivity contribution is 9.49. The van der Waals surface area contributed by atoms with Gasteiger partial charge in [-0.05, 0) is 178 Å². The van der Waals surface area contributed by atoms with Crippen molar-refractivity contribution in [1.82, 2.24) is 25.1 Å². The van der Waals surface area contributed by atoms with E-state index in [9.17, 15) is 10.2 Å². The number of nitrogens with zero attached hydrogens (tertiary/aromatic N) is 5. The zero-order valence-corrected chi connectivity index (χ0v) is 94.3. The Morgan fingerprint density at radius 3 is 1.27 bits per heavy atom. The number of hydrogen-bond donors (Lipinski definition) is 7. The summed E-state index contributed by atoms with van der Waals surface area (Å²) in [7, 11) is 77.8. The van der Waals surface area contributed by atoms with Gasteiger partial charge in [-0.25, -0.2) is 19.9 Å². The Bertz CT molecular complexity index is 3400. The molecule has 4 aromatic carbocycles. The van der Waals surface area contributed by atoms with Gasteiger partial charge in [-0.3, -0.25) is 5.41 Å². The number of nitrogens with two attached hydrogens (primary N) is 2. The SMILES string of the molecule is C.COc1c(Nc2ccc3c(N)noc3c2)ncnc1-c1ccc(C)cc1.Cc1ccc(-c2ncnc(Nc3ccc(C(=N)N)c(O)c3)c2O)cc1.PPP(P)P(P(P(P)P)P(P)P)P(P(P(P(P)P)P(P)P)P(P(P)P)P(P)P)P(P(P(P)P)P(P)P)P(P(P)P)P(P)P. The van der Waals surface area contributed by atoms with Gasteiger partial charge < -0.3 is 41.6 Å². The molecule has 0 aliphatic heterocycles. The summed E-state index contributed by atoms with van der Waals surface area (Å²) in [5, 5.41) is 38.5. The van der Waals surface area contributed by atoms with Crippen molar-refractivity contribution in [3.05, 3.63) is 114 Å². The number of methoxy groups -OCH3 is 1. The number of rotatable bonds is 28. The van der Waals surface area contributed by atoms with Gasteiger partial charge in [0.25, 0.3) is 0 Å². The maximum absolute atomic E-state index is 10.5. The Kier molecular flexibility index (Phi) is 51.9. The van der Waals surface area contributed by atoms with E-state index in [0.717, 1.165) is 41.4 Å².